The van der Waals surface area contributed by atoms with Crippen molar-refractivity contribution in [2.45, 2.75) is 39.7 Å². The standard InChI is InChI=1S/C23H27N5O/c1-17-14-18(2)28(26-17)22-11-10-21(15-24-22)25-23(29)20-8-6-19(7-9-20)16-27-12-4-3-5-13-27/h6-11,14-15H,3-5,12-13,16H2,1-2H3,(H,25,29). The fourth-order valence-corrected chi connectivity index (χ4v) is 3.79. The van der Waals surface area contributed by atoms with Gasteiger partial charge in [-0.2, -0.15) is 5.10 Å². The van der Waals surface area contributed by atoms with E-state index >= 15 is 0 Å². The molecule has 150 valence electrons. The first-order valence-corrected chi connectivity index (χ1v) is 10.2. The molecule has 1 fully saturated rings. The predicted molar refractivity (Wildman–Crippen MR) is 114 cm³/mol. The molecule has 1 aromatic carbocycles. The van der Waals surface area contributed by atoms with Crippen LogP contribution in [0.25, 0.3) is 5.82 Å². The van der Waals surface area contributed by atoms with E-state index < -0.39 is 0 Å². The van der Waals surface area contributed by atoms with Gasteiger partial charge in [0.2, 0.25) is 0 Å². The Morgan fingerprint density at radius 2 is 1.79 bits per heavy atom. The van der Waals surface area contributed by atoms with Crippen LogP contribution in [0, 0.1) is 13.8 Å². The second-order valence-corrected chi connectivity index (χ2v) is 7.73. The number of anilines is 1. The van der Waals surface area contributed by atoms with Gasteiger partial charge in [-0.1, -0.05) is 18.6 Å². The summed E-state index contributed by atoms with van der Waals surface area (Å²) in [4.78, 5) is 19.5. The number of carbonyl (C=O) groups is 1. The Bertz CT molecular complexity index is 970. The van der Waals surface area contributed by atoms with Gasteiger partial charge in [0.05, 0.1) is 17.6 Å². The number of piperidine rings is 1. The van der Waals surface area contributed by atoms with E-state index in [4.69, 9.17) is 0 Å². The van der Waals surface area contributed by atoms with Crippen LogP contribution in [0.15, 0.2) is 48.7 Å². The van der Waals surface area contributed by atoms with Crippen molar-refractivity contribution in [2.75, 3.05) is 18.4 Å². The van der Waals surface area contributed by atoms with Crippen LogP contribution in [0.5, 0.6) is 0 Å². The zero-order valence-corrected chi connectivity index (χ0v) is 17.1. The van der Waals surface area contributed by atoms with Crippen LogP contribution in [0.1, 0.15) is 46.6 Å². The van der Waals surface area contributed by atoms with Gasteiger partial charge >= 0.3 is 0 Å². The average Bonchev–Trinajstić information content (AvgIpc) is 3.08. The quantitative estimate of drug-likeness (QED) is 0.713. The Balaban J connectivity index is 1.38. The maximum atomic E-state index is 12.6. The van der Waals surface area contributed by atoms with Crippen LogP contribution in [0.4, 0.5) is 5.69 Å². The number of nitrogens with one attached hydrogen (secondary N) is 1. The molecule has 3 heterocycles. The molecule has 1 amide bonds. The molecule has 3 aromatic rings. The monoisotopic (exact) mass is 389 g/mol. The largest absolute Gasteiger partial charge is 0.321 e. The summed E-state index contributed by atoms with van der Waals surface area (Å²) in [6, 6.07) is 13.6. The van der Waals surface area contributed by atoms with Crippen LogP contribution in [0.3, 0.4) is 0 Å². The van der Waals surface area contributed by atoms with Crippen molar-refractivity contribution in [3.05, 3.63) is 71.2 Å². The lowest BCUT2D eigenvalue weighted by atomic mass is 10.1. The van der Waals surface area contributed by atoms with Crippen molar-refractivity contribution in [2.24, 2.45) is 0 Å². The molecule has 1 saturated heterocycles. The smallest absolute Gasteiger partial charge is 0.255 e. The van der Waals surface area contributed by atoms with E-state index in [0.29, 0.717) is 11.3 Å². The number of hydrogen-bond donors (Lipinski definition) is 1. The maximum Gasteiger partial charge on any atom is 0.255 e. The minimum absolute atomic E-state index is 0.129. The predicted octanol–water partition coefficient (Wildman–Crippen LogP) is 4.12. The number of benzene rings is 1. The Morgan fingerprint density at radius 1 is 1.03 bits per heavy atom. The Kier molecular flexibility index (Phi) is 5.71. The number of aryl methyl sites for hydroxylation is 2. The maximum absolute atomic E-state index is 12.6. The summed E-state index contributed by atoms with van der Waals surface area (Å²) in [5.41, 5.74) is 4.54. The topological polar surface area (TPSA) is 63.1 Å². The summed E-state index contributed by atoms with van der Waals surface area (Å²) >= 11 is 0. The number of aromatic nitrogens is 3. The highest BCUT2D eigenvalue weighted by Gasteiger charge is 2.12. The first kappa shape index (κ1) is 19.3. The lowest BCUT2D eigenvalue weighted by molar-refractivity contribution is 0.102. The normalized spacial score (nSPS) is 14.7. The molecule has 0 atom stereocenters. The highest BCUT2D eigenvalue weighted by Crippen LogP contribution is 2.16. The van der Waals surface area contributed by atoms with Crippen LogP contribution in [-0.4, -0.2) is 38.7 Å². The third-order valence-electron chi connectivity index (χ3n) is 5.30. The van der Waals surface area contributed by atoms with E-state index in [1.165, 1.54) is 37.9 Å². The van der Waals surface area contributed by atoms with Crippen LogP contribution < -0.4 is 5.32 Å². The van der Waals surface area contributed by atoms with Crippen LogP contribution in [-0.2, 0) is 6.54 Å². The molecule has 2 aromatic heterocycles. The number of hydrogen-bond acceptors (Lipinski definition) is 4. The second-order valence-electron chi connectivity index (χ2n) is 7.73. The third-order valence-corrected chi connectivity index (χ3v) is 5.30. The van der Waals surface area contributed by atoms with Crippen molar-refractivity contribution < 1.29 is 4.79 Å². The lowest BCUT2D eigenvalue weighted by Crippen LogP contribution is -2.29. The molecule has 6 heteroatoms. The van der Waals surface area contributed by atoms with E-state index in [9.17, 15) is 4.79 Å². The second kappa shape index (κ2) is 8.57. The minimum atomic E-state index is -0.129. The highest BCUT2D eigenvalue weighted by molar-refractivity contribution is 6.04. The molecule has 0 spiro atoms. The molecule has 1 N–H and O–H groups in total. The summed E-state index contributed by atoms with van der Waals surface area (Å²) in [6.07, 6.45) is 5.57. The SMILES string of the molecule is Cc1cc(C)n(-c2ccc(NC(=O)c3ccc(CN4CCCCC4)cc3)cn2)n1. The van der Waals surface area contributed by atoms with Gasteiger partial charge in [0, 0.05) is 17.8 Å². The van der Waals surface area contributed by atoms with Crippen molar-refractivity contribution in [1.29, 1.82) is 0 Å². The summed E-state index contributed by atoms with van der Waals surface area (Å²) in [5, 5.41) is 7.35. The molecule has 4 rings (SSSR count). The Morgan fingerprint density at radius 3 is 2.41 bits per heavy atom. The van der Waals surface area contributed by atoms with Crippen molar-refractivity contribution >= 4 is 11.6 Å². The molecule has 29 heavy (non-hydrogen) atoms. The van der Waals surface area contributed by atoms with E-state index in [2.05, 4.69) is 20.3 Å². The van der Waals surface area contributed by atoms with Crippen molar-refractivity contribution in [3.8, 4) is 5.82 Å². The van der Waals surface area contributed by atoms with E-state index in [1.54, 1.807) is 10.9 Å². The molecule has 6 nitrogen and oxygen atoms in total. The van der Waals surface area contributed by atoms with E-state index in [-0.39, 0.29) is 5.91 Å². The molecule has 1 aliphatic heterocycles. The Hall–Kier alpha value is -2.99. The number of pyridine rings is 1. The zero-order chi connectivity index (χ0) is 20.2. The minimum Gasteiger partial charge on any atom is -0.321 e. The zero-order valence-electron chi connectivity index (χ0n) is 17.1. The first-order chi connectivity index (χ1) is 14.1. The molecule has 1 aliphatic rings. The average molecular weight is 390 g/mol. The molecular weight excluding hydrogens is 362 g/mol. The summed E-state index contributed by atoms with van der Waals surface area (Å²) < 4.78 is 1.79. The number of carbonyl (C=O) groups excluding carboxylic acids is 1. The number of rotatable bonds is 5. The summed E-state index contributed by atoms with van der Waals surface area (Å²) in [6.45, 7) is 7.24. The van der Waals surface area contributed by atoms with E-state index in [0.717, 1.165) is 23.8 Å². The molecular formula is C23H27N5O. The van der Waals surface area contributed by atoms with Gasteiger partial charge < -0.3 is 5.32 Å². The molecule has 0 bridgehead atoms. The Labute approximate surface area is 171 Å². The van der Waals surface area contributed by atoms with Crippen molar-refractivity contribution in [3.63, 3.8) is 0 Å². The molecule has 0 radical (unpaired) electrons. The van der Waals surface area contributed by atoms with Gasteiger partial charge in [0.1, 0.15) is 0 Å². The van der Waals surface area contributed by atoms with Gasteiger partial charge in [-0.05, 0) is 75.7 Å². The number of likely N-dealkylation sites (tertiary alicyclic amines) is 1. The lowest BCUT2D eigenvalue weighted by Gasteiger charge is -2.26. The van der Waals surface area contributed by atoms with Gasteiger partial charge in [0.25, 0.3) is 5.91 Å². The van der Waals surface area contributed by atoms with Gasteiger partial charge in [-0.25, -0.2) is 9.67 Å². The molecule has 0 saturated carbocycles. The summed E-state index contributed by atoms with van der Waals surface area (Å²) in [7, 11) is 0. The fourth-order valence-electron chi connectivity index (χ4n) is 3.79. The number of amides is 1. The van der Waals surface area contributed by atoms with Gasteiger partial charge in [-0.15, -0.1) is 0 Å². The van der Waals surface area contributed by atoms with Crippen LogP contribution in [0.2, 0.25) is 0 Å². The fraction of sp³-hybridized carbons (Fsp3) is 0.348. The van der Waals surface area contributed by atoms with E-state index in [1.807, 2.05) is 56.3 Å². The van der Waals surface area contributed by atoms with Gasteiger partial charge in [0.15, 0.2) is 5.82 Å². The number of nitrogens with zero attached hydrogens (tertiary/aromatic N) is 4. The molecule has 0 unspecified atom stereocenters. The highest BCUT2D eigenvalue weighted by atomic mass is 16.1. The van der Waals surface area contributed by atoms with Crippen molar-refractivity contribution in [1.82, 2.24) is 19.7 Å². The first-order valence-electron chi connectivity index (χ1n) is 10.2. The van der Waals surface area contributed by atoms with Gasteiger partial charge in [-0.3, -0.25) is 9.69 Å². The molecule has 0 aliphatic carbocycles. The third kappa shape index (κ3) is 4.71. The van der Waals surface area contributed by atoms with Crippen LogP contribution >= 0.6 is 0 Å². The summed E-state index contributed by atoms with van der Waals surface area (Å²) in [5.74, 6) is 0.603.